The molecule has 1 saturated heterocycles. The van der Waals surface area contributed by atoms with Gasteiger partial charge in [-0.05, 0) is 106 Å². The zero-order valence-electron chi connectivity index (χ0n) is 21.2. The van der Waals surface area contributed by atoms with E-state index < -0.39 is 0 Å². The van der Waals surface area contributed by atoms with Gasteiger partial charge in [0.1, 0.15) is 11.4 Å². The lowest BCUT2D eigenvalue weighted by Gasteiger charge is -2.29. The molecule has 5 heteroatoms. The van der Waals surface area contributed by atoms with Crippen LogP contribution < -0.4 is 4.74 Å². The number of rotatable bonds is 5. The van der Waals surface area contributed by atoms with Crippen molar-refractivity contribution >= 4 is 16.6 Å². The molecule has 0 N–H and O–H groups in total. The van der Waals surface area contributed by atoms with Gasteiger partial charge in [0.15, 0.2) is 0 Å². The number of aryl methyl sites for hydroxylation is 1. The van der Waals surface area contributed by atoms with E-state index in [1.165, 1.54) is 42.6 Å². The summed E-state index contributed by atoms with van der Waals surface area (Å²) in [7, 11) is 2.22. The van der Waals surface area contributed by atoms with Crippen molar-refractivity contribution in [3.63, 3.8) is 0 Å². The van der Waals surface area contributed by atoms with Gasteiger partial charge in [-0.3, -0.25) is 9.38 Å². The Hall–Kier alpha value is -3.70. The highest BCUT2D eigenvalue weighted by atomic mass is 16.5. The smallest absolute Gasteiger partial charge is 0.137 e. The predicted molar refractivity (Wildman–Crippen MR) is 147 cm³/mol. The van der Waals surface area contributed by atoms with E-state index in [2.05, 4.69) is 71.1 Å². The van der Waals surface area contributed by atoms with Gasteiger partial charge in [-0.25, -0.2) is 4.98 Å². The summed E-state index contributed by atoms with van der Waals surface area (Å²) >= 11 is 0. The highest BCUT2D eigenvalue weighted by Gasteiger charge is 2.18. The SMILES string of the molecule is CCOc1ccc2nc(C)cc(-c3cnc4cc(-c5ccc(C6CCN(C)CC6)cc5)ccn34)c2c1. The Kier molecular flexibility index (Phi) is 5.94. The number of hydrogen-bond donors (Lipinski definition) is 0. The van der Waals surface area contributed by atoms with Crippen molar-refractivity contribution in [3.05, 3.63) is 84.3 Å². The Balaban J connectivity index is 1.34. The maximum absolute atomic E-state index is 5.77. The number of benzene rings is 2. The molecule has 3 aromatic heterocycles. The van der Waals surface area contributed by atoms with Gasteiger partial charge < -0.3 is 9.64 Å². The van der Waals surface area contributed by atoms with Gasteiger partial charge in [0.2, 0.25) is 0 Å². The Morgan fingerprint density at radius 2 is 1.75 bits per heavy atom. The second kappa shape index (κ2) is 9.40. The second-order valence-electron chi connectivity index (χ2n) is 9.91. The fraction of sp³-hybridized carbons (Fsp3) is 0.290. The molecule has 5 aromatic rings. The van der Waals surface area contributed by atoms with Crippen molar-refractivity contribution in [1.29, 1.82) is 0 Å². The number of piperidine rings is 1. The van der Waals surface area contributed by atoms with Gasteiger partial charge in [-0.1, -0.05) is 24.3 Å². The molecule has 4 heterocycles. The summed E-state index contributed by atoms with van der Waals surface area (Å²) in [6, 6.07) is 21.8. The van der Waals surface area contributed by atoms with Gasteiger partial charge in [0.25, 0.3) is 0 Å². The second-order valence-corrected chi connectivity index (χ2v) is 9.91. The van der Waals surface area contributed by atoms with E-state index >= 15 is 0 Å². The molecule has 0 unspecified atom stereocenters. The molecule has 1 fully saturated rings. The molecule has 1 aliphatic rings. The van der Waals surface area contributed by atoms with E-state index in [0.29, 0.717) is 12.5 Å². The van der Waals surface area contributed by atoms with Crippen LogP contribution in [0.5, 0.6) is 5.75 Å². The van der Waals surface area contributed by atoms with Crippen LogP contribution in [0.1, 0.15) is 36.9 Å². The molecular weight excluding hydrogens is 444 g/mol. The number of pyridine rings is 2. The van der Waals surface area contributed by atoms with Crippen LogP contribution in [0, 0.1) is 6.92 Å². The molecule has 0 radical (unpaired) electrons. The Morgan fingerprint density at radius 3 is 2.53 bits per heavy atom. The van der Waals surface area contributed by atoms with E-state index in [9.17, 15) is 0 Å². The Labute approximate surface area is 212 Å². The van der Waals surface area contributed by atoms with Gasteiger partial charge in [-0.2, -0.15) is 0 Å². The maximum Gasteiger partial charge on any atom is 0.137 e. The van der Waals surface area contributed by atoms with Gasteiger partial charge >= 0.3 is 0 Å². The first-order valence-electron chi connectivity index (χ1n) is 12.9. The van der Waals surface area contributed by atoms with Gasteiger partial charge in [0, 0.05) is 22.8 Å². The van der Waals surface area contributed by atoms with E-state index in [-0.39, 0.29) is 0 Å². The molecule has 36 heavy (non-hydrogen) atoms. The van der Waals surface area contributed by atoms with Crippen LogP contribution in [-0.4, -0.2) is 46.0 Å². The number of hydrogen-bond acceptors (Lipinski definition) is 4. The first kappa shape index (κ1) is 22.7. The number of ether oxygens (including phenoxy) is 1. The first-order valence-corrected chi connectivity index (χ1v) is 12.9. The number of fused-ring (bicyclic) bond motifs is 2. The van der Waals surface area contributed by atoms with Crippen molar-refractivity contribution in [2.24, 2.45) is 0 Å². The van der Waals surface area contributed by atoms with Crippen molar-refractivity contribution in [2.75, 3.05) is 26.7 Å². The molecule has 0 atom stereocenters. The van der Waals surface area contributed by atoms with Crippen molar-refractivity contribution in [3.8, 4) is 28.1 Å². The summed E-state index contributed by atoms with van der Waals surface area (Å²) in [5.41, 5.74) is 8.92. The van der Waals surface area contributed by atoms with E-state index in [1.807, 2.05) is 32.2 Å². The maximum atomic E-state index is 5.77. The minimum Gasteiger partial charge on any atom is -0.494 e. The topological polar surface area (TPSA) is 42.7 Å². The van der Waals surface area contributed by atoms with Crippen LogP contribution in [0.4, 0.5) is 0 Å². The van der Waals surface area contributed by atoms with Crippen LogP contribution in [0.2, 0.25) is 0 Å². The minimum absolute atomic E-state index is 0.636. The van der Waals surface area contributed by atoms with E-state index in [0.717, 1.165) is 39.3 Å². The molecule has 182 valence electrons. The monoisotopic (exact) mass is 476 g/mol. The summed E-state index contributed by atoms with van der Waals surface area (Å²) in [4.78, 5) is 11.9. The number of nitrogens with zero attached hydrogens (tertiary/aromatic N) is 4. The van der Waals surface area contributed by atoms with Crippen LogP contribution in [-0.2, 0) is 0 Å². The summed E-state index contributed by atoms with van der Waals surface area (Å²) in [6.07, 6.45) is 6.58. The molecule has 0 spiro atoms. The highest BCUT2D eigenvalue weighted by Crippen LogP contribution is 2.33. The summed E-state index contributed by atoms with van der Waals surface area (Å²) < 4.78 is 7.93. The van der Waals surface area contributed by atoms with Gasteiger partial charge in [0.05, 0.1) is 24.0 Å². The average molecular weight is 477 g/mol. The third kappa shape index (κ3) is 4.24. The largest absolute Gasteiger partial charge is 0.494 e. The normalized spacial score (nSPS) is 15.1. The molecule has 5 nitrogen and oxygen atoms in total. The predicted octanol–water partition coefficient (Wildman–Crippen LogP) is 6.73. The summed E-state index contributed by atoms with van der Waals surface area (Å²) in [5, 5.41) is 1.07. The number of imidazole rings is 1. The Bertz CT molecular complexity index is 1530. The van der Waals surface area contributed by atoms with Crippen LogP contribution in [0.15, 0.2) is 73.1 Å². The standard InChI is InChI=1S/C31H32N4O/c1-4-36-26-9-10-29-27(19-26)28(17-21(2)33-29)30-20-32-31-18-25(13-16-35(30)31)23-7-5-22(6-8-23)24-11-14-34(3)15-12-24/h5-10,13,16-20,24H,4,11-12,14-15H2,1-3H3. The molecule has 0 aliphatic carbocycles. The zero-order valence-corrected chi connectivity index (χ0v) is 21.2. The molecule has 2 aromatic carbocycles. The van der Waals surface area contributed by atoms with Crippen LogP contribution >= 0.6 is 0 Å². The molecule has 6 rings (SSSR count). The molecule has 1 aliphatic heterocycles. The number of likely N-dealkylation sites (tertiary alicyclic amines) is 1. The molecule has 0 bridgehead atoms. The lowest BCUT2D eigenvalue weighted by molar-refractivity contribution is 0.255. The number of aromatic nitrogens is 3. The van der Waals surface area contributed by atoms with Crippen LogP contribution in [0.3, 0.4) is 0 Å². The highest BCUT2D eigenvalue weighted by molar-refractivity contribution is 5.95. The van der Waals surface area contributed by atoms with E-state index in [4.69, 9.17) is 14.7 Å². The fourth-order valence-corrected chi connectivity index (χ4v) is 5.45. The molecule has 0 saturated carbocycles. The third-order valence-corrected chi connectivity index (χ3v) is 7.44. The quantitative estimate of drug-likeness (QED) is 0.282. The third-order valence-electron chi connectivity index (χ3n) is 7.44. The Morgan fingerprint density at radius 1 is 0.944 bits per heavy atom. The van der Waals surface area contributed by atoms with Crippen molar-refractivity contribution < 1.29 is 4.74 Å². The minimum atomic E-state index is 0.636. The van der Waals surface area contributed by atoms with Crippen molar-refractivity contribution in [1.82, 2.24) is 19.3 Å². The summed E-state index contributed by atoms with van der Waals surface area (Å²) in [5.74, 6) is 1.53. The first-order chi connectivity index (χ1) is 17.6. The van der Waals surface area contributed by atoms with Crippen molar-refractivity contribution in [2.45, 2.75) is 32.6 Å². The lowest BCUT2D eigenvalue weighted by Crippen LogP contribution is -2.29. The van der Waals surface area contributed by atoms with E-state index in [1.54, 1.807) is 0 Å². The van der Waals surface area contributed by atoms with Crippen LogP contribution in [0.25, 0.3) is 38.9 Å². The summed E-state index contributed by atoms with van der Waals surface area (Å²) in [6.45, 7) is 7.05. The lowest BCUT2D eigenvalue weighted by atomic mass is 9.89. The molecular formula is C31H32N4O. The fourth-order valence-electron chi connectivity index (χ4n) is 5.45. The molecule has 0 amide bonds. The van der Waals surface area contributed by atoms with Gasteiger partial charge in [-0.15, -0.1) is 0 Å². The average Bonchev–Trinajstić information content (AvgIpc) is 3.32. The zero-order chi connectivity index (χ0) is 24.6.